The highest BCUT2D eigenvalue weighted by Crippen LogP contribution is 2.30. The molecule has 2 saturated heterocycles. The van der Waals surface area contributed by atoms with Gasteiger partial charge in [-0.2, -0.15) is 0 Å². The maximum Gasteiger partial charge on any atom is 0.319 e. The minimum atomic E-state index is -0.817. The normalized spacial score (nSPS) is 30.0. The van der Waals surface area contributed by atoms with Gasteiger partial charge in [0.05, 0.1) is 12.0 Å². The summed E-state index contributed by atoms with van der Waals surface area (Å²) in [5.74, 6) is -0.424. The van der Waals surface area contributed by atoms with Crippen LogP contribution in [0.1, 0.15) is 32.6 Å². The molecular weight excluding hydrogens is 272 g/mol. The first-order chi connectivity index (χ1) is 9.92. The van der Waals surface area contributed by atoms with Crippen LogP contribution in [-0.2, 0) is 9.53 Å². The van der Waals surface area contributed by atoms with Crippen LogP contribution in [0.25, 0.3) is 0 Å². The van der Waals surface area contributed by atoms with Gasteiger partial charge in [-0.1, -0.05) is 0 Å². The van der Waals surface area contributed by atoms with Gasteiger partial charge < -0.3 is 19.6 Å². The smallest absolute Gasteiger partial charge is 0.319 e. The van der Waals surface area contributed by atoms with Crippen molar-refractivity contribution >= 4 is 12.0 Å². The number of amides is 2. The number of hydrogen-bond donors (Lipinski definition) is 1. The number of ether oxygens (including phenoxy) is 1. The Morgan fingerprint density at radius 3 is 2.81 bits per heavy atom. The molecule has 1 N–H and O–H groups in total. The van der Waals surface area contributed by atoms with Crippen molar-refractivity contribution in [2.24, 2.45) is 11.3 Å². The molecule has 6 heteroatoms. The fourth-order valence-electron chi connectivity index (χ4n) is 3.24. The molecular formula is C15H26N2O4. The molecule has 0 spiro atoms. The van der Waals surface area contributed by atoms with E-state index in [0.717, 1.165) is 25.9 Å². The fourth-order valence-corrected chi connectivity index (χ4v) is 3.24. The molecule has 0 aromatic carbocycles. The highest BCUT2D eigenvalue weighted by Gasteiger charge is 2.40. The number of carboxylic acids is 1. The van der Waals surface area contributed by atoms with Crippen LogP contribution < -0.4 is 0 Å². The summed E-state index contributed by atoms with van der Waals surface area (Å²) in [6, 6.07) is -0.0623. The van der Waals surface area contributed by atoms with Crippen molar-refractivity contribution in [1.29, 1.82) is 0 Å². The van der Waals surface area contributed by atoms with Crippen molar-refractivity contribution < 1.29 is 19.4 Å². The van der Waals surface area contributed by atoms with Crippen LogP contribution in [0, 0.1) is 11.3 Å². The zero-order valence-electron chi connectivity index (χ0n) is 13.0. The third-order valence-electron chi connectivity index (χ3n) is 4.60. The van der Waals surface area contributed by atoms with Gasteiger partial charge in [0, 0.05) is 39.2 Å². The molecule has 21 heavy (non-hydrogen) atoms. The Morgan fingerprint density at radius 1 is 1.43 bits per heavy atom. The average Bonchev–Trinajstić information content (AvgIpc) is 2.47. The van der Waals surface area contributed by atoms with E-state index in [1.807, 2.05) is 0 Å². The summed E-state index contributed by atoms with van der Waals surface area (Å²) in [6.45, 7) is 4.88. The van der Waals surface area contributed by atoms with Crippen LogP contribution in [0.2, 0.25) is 0 Å². The molecule has 0 aromatic heterocycles. The topological polar surface area (TPSA) is 70.1 Å². The van der Waals surface area contributed by atoms with Crippen LogP contribution in [-0.4, -0.2) is 66.8 Å². The van der Waals surface area contributed by atoms with Gasteiger partial charge in [0.15, 0.2) is 0 Å². The van der Waals surface area contributed by atoms with Gasteiger partial charge in [-0.15, -0.1) is 0 Å². The zero-order chi connectivity index (χ0) is 15.5. The minimum Gasteiger partial charge on any atom is -0.481 e. The number of carbonyl (C=O) groups excluding carboxylic acids is 1. The summed E-state index contributed by atoms with van der Waals surface area (Å²) in [5.41, 5.74) is -0.817. The molecule has 6 nitrogen and oxygen atoms in total. The number of likely N-dealkylation sites (tertiary alicyclic amines) is 1. The molecule has 2 atom stereocenters. The molecule has 2 aliphatic heterocycles. The molecule has 2 fully saturated rings. The first-order valence-corrected chi connectivity index (χ1v) is 7.73. The van der Waals surface area contributed by atoms with E-state index in [0.29, 0.717) is 38.6 Å². The van der Waals surface area contributed by atoms with Gasteiger partial charge in [0.1, 0.15) is 0 Å². The van der Waals surface area contributed by atoms with E-state index in [2.05, 4.69) is 0 Å². The molecule has 0 aromatic rings. The van der Waals surface area contributed by atoms with E-state index < -0.39 is 11.4 Å². The van der Waals surface area contributed by atoms with Crippen molar-refractivity contribution in [1.82, 2.24) is 9.80 Å². The summed E-state index contributed by atoms with van der Waals surface area (Å²) in [4.78, 5) is 27.3. The molecule has 2 unspecified atom stereocenters. The third-order valence-corrected chi connectivity index (χ3v) is 4.60. The Hall–Kier alpha value is -1.30. The maximum atomic E-state index is 12.5. The van der Waals surface area contributed by atoms with Crippen LogP contribution in [0.4, 0.5) is 4.79 Å². The van der Waals surface area contributed by atoms with Crippen LogP contribution in [0.15, 0.2) is 0 Å². The Bertz CT molecular complexity index is 395. The number of piperidine rings is 1. The van der Waals surface area contributed by atoms with Gasteiger partial charge in [-0.25, -0.2) is 4.79 Å². The zero-order valence-corrected chi connectivity index (χ0v) is 13.0. The van der Waals surface area contributed by atoms with Gasteiger partial charge in [-0.3, -0.25) is 4.79 Å². The van der Waals surface area contributed by atoms with Crippen molar-refractivity contribution in [2.45, 2.75) is 32.6 Å². The van der Waals surface area contributed by atoms with E-state index >= 15 is 0 Å². The van der Waals surface area contributed by atoms with Gasteiger partial charge in [-0.05, 0) is 32.6 Å². The van der Waals surface area contributed by atoms with Gasteiger partial charge in [0.2, 0.25) is 0 Å². The Kier molecular flexibility index (Phi) is 5.08. The monoisotopic (exact) mass is 298 g/mol. The number of aliphatic carboxylic acids is 1. The standard InChI is InChI=1S/C15H26N2O4/c1-15(13(18)19)6-4-7-17(11-15)14(20)16(2)9-12-5-3-8-21-10-12/h12H,3-11H2,1-2H3,(H,18,19). The Balaban J connectivity index is 1.90. The second-order valence-corrected chi connectivity index (χ2v) is 6.64. The maximum absolute atomic E-state index is 12.5. The number of carbonyl (C=O) groups is 2. The molecule has 0 radical (unpaired) electrons. The number of urea groups is 1. The number of nitrogens with zero attached hydrogens (tertiary/aromatic N) is 2. The lowest BCUT2D eigenvalue weighted by molar-refractivity contribution is -0.150. The Morgan fingerprint density at radius 2 is 2.19 bits per heavy atom. The van der Waals surface area contributed by atoms with Gasteiger partial charge in [0.25, 0.3) is 0 Å². The first-order valence-electron chi connectivity index (χ1n) is 7.73. The Labute approximate surface area is 126 Å². The number of rotatable bonds is 3. The summed E-state index contributed by atoms with van der Waals surface area (Å²) in [6.07, 6.45) is 3.51. The molecule has 2 aliphatic rings. The highest BCUT2D eigenvalue weighted by molar-refractivity contribution is 5.78. The largest absolute Gasteiger partial charge is 0.481 e. The van der Waals surface area contributed by atoms with Crippen molar-refractivity contribution in [3.63, 3.8) is 0 Å². The molecule has 120 valence electrons. The van der Waals surface area contributed by atoms with Gasteiger partial charge >= 0.3 is 12.0 Å². The van der Waals surface area contributed by atoms with Crippen molar-refractivity contribution in [3.05, 3.63) is 0 Å². The third kappa shape index (κ3) is 3.87. The second-order valence-electron chi connectivity index (χ2n) is 6.64. The van der Waals surface area contributed by atoms with E-state index in [-0.39, 0.29) is 6.03 Å². The summed E-state index contributed by atoms with van der Waals surface area (Å²) in [7, 11) is 1.80. The fraction of sp³-hybridized carbons (Fsp3) is 0.867. The molecule has 0 bridgehead atoms. The molecule has 2 amide bonds. The van der Waals surface area contributed by atoms with E-state index in [1.54, 1.807) is 23.8 Å². The first kappa shape index (κ1) is 16.1. The lowest BCUT2D eigenvalue weighted by atomic mass is 9.82. The minimum absolute atomic E-state index is 0.0623. The van der Waals surface area contributed by atoms with Crippen LogP contribution in [0.5, 0.6) is 0 Å². The van der Waals surface area contributed by atoms with Crippen molar-refractivity contribution in [2.75, 3.05) is 39.9 Å². The van der Waals surface area contributed by atoms with Crippen LogP contribution >= 0.6 is 0 Å². The van der Waals surface area contributed by atoms with E-state index in [4.69, 9.17) is 4.74 Å². The van der Waals surface area contributed by atoms with E-state index in [1.165, 1.54) is 0 Å². The summed E-state index contributed by atoms with van der Waals surface area (Å²) in [5, 5.41) is 9.33. The molecule has 0 saturated carbocycles. The number of hydrogen-bond acceptors (Lipinski definition) is 3. The number of carboxylic acid groups (broad SMARTS) is 1. The van der Waals surface area contributed by atoms with Crippen molar-refractivity contribution in [3.8, 4) is 0 Å². The summed E-state index contributed by atoms with van der Waals surface area (Å²) < 4.78 is 5.44. The average molecular weight is 298 g/mol. The lowest BCUT2D eigenvalue weighted by Gasteiger charge is -2.39. The molecule has 2 rings (SSSR count). The quantitative estimate of drug-likeness (QED) is 0.860. The highest BCUT2D eigenvalue weighted by atomic mass is 16.5. The lowest BCUT2D eigenvalue weighted by Crippen LogP contribution is -2.52. The molecule has 2 heterocycles. The van der Waals surface area contributed by atoms with Crippen LogP contribution in [0.3, 0.4) is 0 Å². The SMILES string of the molecule is CN(CC1CCCOC1)C(=O)N1CCCC(C)(C(=O)O)C1. The predicted molar refractivity (Wildman–Crippen MR) is 78.1 cm³/mol. The summed E-state index contributed by atoms with van der Waals surface area (Å²) >= 11 is 0. The van der Waals surface area contributed by atoms with E-state index in [9.17, 15) is 14.7 Å². The predicted octanol–water partition coefficient (Wildman–Crippen LogP) is 1.65. The molecule has 0 aliphatic carbocycles. The second kappa shape index (κ2) is 6.64.